The van der Waals surface area contributed by atoms with Gasteiger partial charge in [0, 0.05) is 12.8 Å². The zero-order chi connectivity index (χ0) is 11.6. The van der Waals surface area contributed by atoms with E-state index in [1.165, 1.54) is 0 Å². The molecule has 1 atom stereocenters. The number of aromatic nitrogens is 1. The zero-order valence-electron chi connectivity index (χ0n) is 9.29. The van der Waals surface area contributed by atoms with Crippen LogP contribution >= 0.6 is 15.9 Å². The van der Waals surface area contributed by atoms with Crippen molar-refractivity contribution in [1.29, 1.82) is 0 Å². The minimum absolute atomic E-state index is 0.0454. The van der Waals surface area contributed by atoms with Crippen molar-refractivity contribution in [1.82, 2.24) is 4.98 Å². The molecule has 1 aromatic heterocycles. The Morgan fingerprint density at radius 1 is 1.56 bits per heavy atom. The summed E-state index contributed by atoms with van der Waals surface area (Å²) < 4.78 is 6.39. The van der Waals surface area contributed by atoms with E-state index >= 15 is 0 Å². The van der Waals surface area contributed by atoms with Crippen molar-refractivity contribution >= 4 is 27.3 Å². The molecule has 0 saturated carbocycles. The standard InChI is InChI=1S/C11H16BrN3O/c1-11(3-2-4-16-7-11)15-10-8(12)5-14-6-9(10)13/h5-6H,2-4,7,13H2,1H3,(H,14,15). The second-order valence-corrected chi connectivity index (χ2v) is 5.28. The van der Waals surface area contributed by atoms with Crippen LogP contribution in [-0.4, -0.2) is 23.7 Å². The first-order chi connectivity index (χ1) is 7.61. The number of rotatable bonds is 2. The van der Waals surface area contributed by atoms with Crippen LogP contribution in [0.25, 0.3) is 0 Å². The van der Waals surface area contributed by atoms with E-state index in [1.807, 2.05) is 0 Å². The Hall–Kier alpha value is -0.810. The van der Waals surface area contributed by atoms with Crippen molar-refractivity contribution in [3.05, 3.63) is 16.9 Å². The third-order valence-electron chi connectivity index (χ3n) is 2.79. The monoisotopic (exact) mass is 285 g/mol. The number of anilines is 2. The number of nitrogens with two attached hydrogens (primary N) is 1. The molecule has 1 saturated heterocycles. The fourth-order valence-corrected chi connectivity index (χ4v) is 2.36. The van der Waals surface area contributed by atoms with E-state index in [9.17, 15) is 0 Å². The number of hydrogen-bond donors (Lipinski definition) is 2. The minimum Gasteiger partial charge on any atom is -0.396 e. The molecule has 2 rings (SSSR count). The lowest BCUT2D eigenvalue weighted by atomic mass is 9.94. The van der Waals surface area contributed by atoms with Crippen molar-refractivity contribution in [2.24, 2.45) is 0 Å². The van der Waals surface area contributed by atoms with Gasteiger partial charge in [0.05, 0.1) is 34.2 Å². The summed E-state index contributed by atoms with van der Waals surface area (Å²) in [5.41, 5.74) is 7.42. The van der Waals surface area contributed by atoms with Crippen LogP contribution in [0.5, 0.6) is 0 Å². The molecule has 88 valence electrons. The van der Waals surface area contributed by atoms with Crippen LogP contribution in [-0.2, 0) is 4.74 Å². The van der Waals surface area contributed by atoms with Gasteiger partial charge in [-0.2, -0.15) is 0 Å². The van der Waals surface area contributed by atoms with Crippen molar-refractivity contribution in [3.63, 3.8) is 0 Å². The Balaban J connectivity index is 2.19. The van der Waals surface area contributed by atoms with Crippen molar-refractivity contribution in [2.45, 2.75) is 25.3 Å². The smallest absolute Gasteiger partial charge is 0.0755 e. The first-order valence-corrected chi connectivity index (χ1v) is 6.15. The summed E-state index contributed by atoms with van der Waals surface area (Å²) in [7, 11) is 0. The molecule has 0 amide bonds. The van der Waals surface area contributed by atoms with Gasteiger partial charge in [-0.25, -0.2) is 0 Å². The fraction of sp³-hybridized carbons (Fsp3) is 0.545. The number of nitrogen functional groups attached to an aromatic ring is 1. The fourth-order valence-electron chi connectivity index (χ4n) is 1.92. The minimum atomic E-state index is -0.0454. The molecule has 0 aromatic carbocycles. The molecule has 1 unspecified atom stereocenters. The molecule has 0 bridgehead atoms. The zero-order valence-corrected chi connectivity index (χ0v) is 10.9. The predicted octanol–water partition coefficient (Wildman–Crippen LogP) is 2.41. The normalized spacial score (nSPS) is 25.4. The van der Waals surface area contributed by atoms with Gasteiger partial charge in [0.2, 0.25) is 0 Å². The molecule has 1 fully saturated rings. The largest absolute Gasteiger partial charge is 0.396 e. The van der Waals surface area contributed by atoms with Crippen molar-refractivity contribution < 1.29 is 4.74 Å². The molecular formula is C11H16BrN3O. The molecule has 5 heteroatoms. The summed E-state index contributed by atoms with van der Waals surface area (Å²) in [6, 6.07) is 0. The maximum atomic E-state index is 5.90. The van der Waals surface area contributed by atoms with Gasteiger partial charge in [0.15, 0.2) is 0 Å². The van der Waals surface area contributed by atoms with Gasteiger partial charge in [-0.05, 0) is 35.7 Å². The second kappa shape index (κ2) is 4.59. The number of halogens is 1. The third-order valence-corrected chi connectivity index (χ3v) is 3.39. The Bertz CT molecular complexity index is 357. The number of pyridine rings is 1. The molecule has 16 heavy (non-hydrogen) atoms. The highest BCUT2D eigenvalue weighted by Gasteiger charge is 2.28. The van der Waals surface area contributed by atoms with E-state index in [0.717, 1.165) is 29.6 Å². The first kappa shape index (κ1) is 11.7. The Kier molecular flexibility index (Phi) is 3.35. The van der Waals surface area contributed by atoms with Crippen LogP contribution in [0.4, 0.5) is 11.4 Å². The number of hydrogen-bond acceptors (Lipinski definition) is 4. The molecule has 1 aliphatic heterocycles. The first-order valence-electron chi connectivity index (χ1n) is 5.36. The van der Waals surface area contributed by atoms with Crippen LogP contribution in [0.15, 0.2) is 16.9 Å². The van der Waals surface area contributed by atoms with E-state index in [0.29, 0.717) is 12.3 Å². The maximum absolute atomic E-state index is 5.90. The van der Waals surface area contributed by atoms with Crippen LogP contribution in [0.2, 0.25) is 0 Å². The molecule has 1 aliphatic rings. The van der Waals surface area contributed by atoms with Crippen molar-refractivity contribution in [3.8, 4) is 0 Å². The molecule has 0 radical (unpaired) electrons. The van der Waals surface area contributed by atoms with Gasteiger partial charge in [0.1, 0.15) is 0 Å². The highest BCUT2D eigenvalue weighted by atomic mass is 79.9. The highest BCUT2D eigenvalue weighted by Crippen LogP contribution is 2.32. The lowest BCUT2D eigenvalue weighted by Gasteiger charge is -2.35. The maximum Gasteiger partial charge on any atom is 0.0755 e. The molecule has 0 aliphatic carbocycles. The Morgan fingerprint density at radius 2 is 2.38 bits per heavy atom. The summed E-state index contributed by atoms with van der Waals surface area (Å²) >= 11 is 3.45. The molecular weight excluding hydrogens is 270 g/mol. The second-order valence-electron chi connectivity index (χ2n) is 4.43. The van der Waals surface area contributed by atoms with Crippen molar-refractivity contribution in [2.75, 3.05) is 24.3 Å². The van der Waals surface area contributed by atoms with E-state index < -0.39 is 0 Å². The lowest BCUT2D eigenvalue weighted by molar-refractivity contribution is 0.0540. The summed E-state index contributed by atoms with van der Waals surface area (Å²) in [4.78, 5) is 4.02. The quantitative estimate of drug-likeness (QED) is 0.876. The van der Waals surface area contributed by atoms with Gasteiger partial charge >= 0.3 is 0 Å². The summed E-state index contributed by atoms with van der Waals surface area (Å²) in [6.45, 7) is 3.71. The highest BCUT2D eigenvalue weighted by molar-refractivity contribution is 9.10. The molecule has 0 spiro atoms. The van der Waals surface area contributed by atoms with E-state index in [1.54, 1.807) is 12.4 Å². The van der Waals surface area contributed by atoms with Gasteiger partial charge in [-0.3, -0.25) is 4.98 Å². The van der Waals surface area contributed by atoms with E-state index in [2.05, 4.69) is 33.2 Å². The molecule has 1 aromatic rings. The molecule has 4 nitrogen and oxygen atoms in total. The molecule has 3 N–H and O–H groups in total. The average Bonchev–Trinajstić information content (AvgIpc) is 2.25. The Morgan fingerprint density at radius 3 is 3.00 bits per heavy atom. The molecule has 2 heterocycles. The van der Waals surface area contributed by atoms with Gasteiger partial charge in [-0.15, -0.1) is 0 Å². The van der Waals surface area contributed by atoms with Crippen LogP contribution < -0.4 is 11.1 Å². The van der Waals surface area contributed by atoms with Crippen LogP contribution in [0.1, 0.15) is 19.8 Å². The summed E-state index contributed by atoms with van der Waals surface area (Å²) in [5.74, 6) is 0. The number of ether oxygens (including phenoxy) is 1. The topological polar surface area (TPSA) is 60.2 Å². The third kappa shape index (κ3) is 2.47. The Labute approximate surface area is 104 Å². The number of nitrogens with one attached hydrogen (secondary N) is 1. The lowest BCUT2D eigenvalue weighted by Crippen LogP contribution is -2.43. The van der Waals surface area contributed by atoms with Gasteiger partial charge in [0.25, 0.3) is 0 Å². The predicted molar refractivity (Wildman–Crippen MR) is 68.4 cm³/mol. The van der Waals surface area contributed by atoms with Crippen LogP contribution in [0.3, 0.4) is 0 Å². The number of nitrogens with zero attached hydrogens (tertiary/aromatic N) is 1. The summed E-state index contributed by atoms with van der Waals surface area (Å²) in [5, 5.41) is 3.46. The van der Waals surface area contributed by atoms with E-state index in [-0.39, 0.29) is 5.54 Å². The summed E-state index contributed by atoms with van der Waals surface area (Å²) in [6.07, 6.45) is 5.55. The van der Waals surface area contributed by atoms with E-state index in [4.69, 9.17) is 10.5 Å². The SMILES string of the molecule is CC1(Nc2c(N)cncc2Br)CCCOC1. The van der Waals surface area contributed by atoms with Gasteiger partial charge in [-0.1, -0.05) is 0 Å². The van der Waals surface area contributed by atoms with Gasteiger partial charge < -0.3 is 15.8 Å². The van der Waals surface area contributed by atoms with Crippen LogP contribution in [0, 0.1) is 0 Å². The average molecular weight is 286 g/mol.